The van der Waals surface area contributed by atoms with E-state index in [4.69, 9.17) is 0 Å². The Balaban J connectivity index is 2.32. The van der Waals surface area contributed by atoms with Gasteiger partial charge in [0, 0.05) is 0 Å². The van der Waals surface area contributed by atoms with Crippen molar-refractivity contribution in [2.24, 2.45) is 0 Å². The van der Waals surface area contributed by atoms with Crippen LogP contribution in [0.5, 0.6) is 0 Å². The van der Waals surface area contributed by atoms with Crippen LogP contribution in [-0.4, -0.2) is 18.4 Å². The summed E-state index contributed by atoms with van der Waals surface area (Å²) in [6.45, 7) is 0. The molecular weight excluding hydrogens is 355 g/mol. The number of rotatable bonds is 0. The minimum absolute atomic E-state index is 0.752. The molecule has 2 heteroatoms. The molecule has 0 aromatic carbocycles. The fraction of sp³-hybridized carbons (Fsp3) is 1.00. The van der Waals surface area contributed by atoms with Gasteiger partial charge in [-0.05, 0) is 0 Å². The zero-order chi connectivity index (χ0) is 3.58. The molecule has 0 aliphatic carbocycles. The van der Waals surface area contributed by atoms with Gasteiger partial charge in [0.1, 0.15) is 0 Å². The molecule has 0 rings (SSSR count). The van der Waals surface area contributed by atoms with Gasteiger partial charge in [-0.2, -0.15) is 0 Å². The van der Waals surface area contributed by atoms with Crippen molar-refractivity contribution in [3.8, 4) is 0 Å². The van der Waals surface area contributed by atoms with Crippen molar-refractivity contribution in [1.29, 1.82) is 0 Å². The molecule has 0 N–H and O–H groups in total. The molecule has 0 aliphatic heterocycles. The van der Waals surface area contributed by atoms with E-state index < -0.39 is 18.4 Å². The van der Waals surface area contributed by atoms with Crippen LogP contribution in [0.3, 0.4) is 0 Å². The fourth-order valence-electron chi connectivity index (χ4n) is 0. The van der Waals surface area contributed by atoms with Crippen LogP contribution in [-0.2, 0) is 0 Å². The summed E-state index contributed by atoms with van der Waals surface area (Å²) in [5.74, 6) is 0. The molecule has 0 bridgehead atoms. The van der Waals surface area contributed by atoms with Crippen LogP contribution in [0, 0.1) is 0 Å². The molecule has 0 aromatic rings. The molecule has 0 spiro atoms. The van der Waals surface area contributed by atoms with Crippen LogP contribution >= 0.6 is 17.8 Å². The van der Waals surface area contributed by atoms with E-state index in [0.29, 0.717) is 0 Å². The quantitative estimate of drug-likeness (QED) is 0.455. The van der Waals surface area contributed by atoms with Gasteiger partial charge in [0.2, 0.25) is 0 Å². The first-order chi connectivity index (χ1) is 1.73. The molecule has 0 aliphatic rings. The van der Waals surface area contributed by atoms with Crippen molar-refractivity contribution in [3.05, 3.63) is 0 Å². The normalized spacial score (nSPS) is 6.75. The number of halogens is 1. The van der Waals surface area contributed by atoms with Crippen LogP contribution in [0.1, 0.15) is 0 Å². The Morgan fingerprint density at radius 2 is 1.50 bits per heavy atom. The van der Waals surface area contributed by atoms with Gasteiger partial charge >= 0.3 is 45.1 Å². The van der Waals surface area contributed by atoms with Crippen LogP contribution in [0.25, 0.3) is 0 Å². The molecule has 0 atom stereocenters. The van der Waals surface area contributed by atoms with Crippen LogP contribution in [0.4, 0.5) is 0 Å². The van der Waals surface area contributed by atoms with Gasteiger partial charge in [-0.15, -0.1) is 0 Å². The summed E-state index contributed by atoms with van der Waals surface area (Å²) >= 11 is 1.81. The van der Waals surface area contributed by atoms with E-state index in [0.717, 1.165) is 0 Å². The first-order valence-corrected chi connectivity index (χ1v) is 23.0. The maximum absolute atomic E-state index is 2.57. The first kappa shape index (κ1) is 5.65. The third-order valence-corrected chi connectivity index (χ3v) is 0. The molecule has 0 fully saturated rings. The Hall–Kier alpha value is 1.65. The molecular formula is C2H6ITl. The van der Waals surface area contributed by atoms with Gasteiger partial charge in [0.25, 0.3) is 0 Å². The van der Waals surface area contributed by atoms with E-state index in [9.17, 15) is 0 Å². The van der Waals surface area contributed by atoms with Crippen LogP contribution < -0.4 is 0 Å². The number of hydrogen-bond donors (Lipinski definition) is 0. The average molecular weight is 361 g/mol. The third kappa shape index (κ3) is 9.41. The summed E-state index contributed by atoms with van der Waals surface area (Å²) in [5, 5.41) is 0. The summed E-state index contributed by atoms with van der Waals surface area (Å²) in [6.07, 6.45) is 0. The maximum atomic E-state index is 2.57. The minimum atomic E-state index is -0.752. The van der Waals surface area contributed by atoms with Crippen molar-refractivity contribution in [3.63, 3.8) is 0 Å². The summed E-state index contributed by atoms with van der Waals surface area (Å²) in [4.78, 5) is 0. The summed E-state index contributed by atoms with van der Waals surface area (Å²) in [5.41, 5.74) is 0. The van der Waals surface area contributed by atoms with Gasteiger partial charge in [-0.25, -0.2) is 0 Å². The molecule has 0 amide bonds. The first-order valence-electron chi connectivity index (χ1n) is 1.37. The topological polar surface area (TPSA) is 0 Å². The zero-order valence-corrected chi connectivity index (χ0v) is 9.60. The molecule has 0 unspecified atom stereocenters. The SMILES string of the molecule is [CH3][Tl]([CH3])[I]. The Bertz CT molecular complexity index is 10.8. The van der Waals surface area contributed by atoms with Gasteiger partial charge in [0.05, 0.1) is 0 Å². The Morgan fingerprint density at radius 1 is 1.50 bits per heavy atom. The fourth-order valence-corrected chi connectivity index (χ4v) is 0. The van der Waals surface area contributed by atoms with Crippen molar-refractivity contribution in [2.75, 3.05) is 0 Å². The molecule has 0 saturated heterocycles. The molecule has 0 radical (unpaired) electrons. The summed E-state index contributed by atoms with van der Waals surface area (Å²) < 4.78 is 4.75. The number of hydrogen-bond acceptors (Lipinski definition) is 0. The molecule has 24 valence electrons. The van der Waals surface area contributed by atoms with Crippen LogP contribution in [0.2, 0.25) is 8.97 Å². The second-order valence-electron chi connectivity index (χ2n) is 1.01. The van der Waals surface area contributed by atoms with E-state index in [2.05, 4.69) is 26.7 Å². The van der Waals surface area contributed by atoms with Gasteiger partial charge in [-0.1, -0.05) is 0 Å². The summed E-state index contributed by atoms with van der Waals surface area (Å²) in [6, 6.07) is 0. The Morgan fingerprint density at radius 3 is 1.50 bits per heavy atom. The average Bonchev–Trinajstić information content (AvgIpc) is 0.811. The van der Waals surface area contributed by atoms with E-state index in [1.54, 1.807) is 0 Å². The van der Waals surface area contributed by atoms with Gasteiger partial charge in [0.15, 0.2) is 0 Å². The van der Waals surface area contributed by atoms with Gasteiger partial charge in [-0.3, -0.25) is 0 Å². The van der Waals surface area contributed by atoms with Crippen molar-refractivity contribution < 1.29 is 0 Å². The van der Waals surface area contributed by atoms with Crippen molar-refractivity contribution >= 4 is 36.2 Å². The van der Waals surface area contributed by atoms with Crippen molar-refractivity contribution in [2.45, 2.75) is 8.97 Å². The second-order valence-corrected chi connectivity index (χ2v) is 30.8. The predicted molar refractivity (Wildman–Crippen MR) is 31.5 cm³/mol. The van der Waals surface area contributed by atoms with E-state index in [1.807, 2.05) is 0 Å². The zero-order valence-electron chi connectivity index (χ0n) is 2.96. The molecule has 0 aromatic heterocycles. The standard InChI is InChI=1S/2CH3.HI.Tl/h2*1H3;1H;/q;;;+1/p-1. The Labute approximate surface area is 44.5 Å². The summed E-state index contributed by atoms with van der Waals surface area (Å²) in [7, 11) is 0. The van der Waals surface area contributed by atoms with Crippen molar-refractivity contribution in [1.82, 2.24) is 0 Å². The molecule has 0 nitrogen and oxygen atoms in total. The molecule has 0 saturated carbocycles. The molecule has 0 heterocycles. The van der Waals surface area contributed by atoms with Crippen LogP contribution in [0.15, 0.2) is 0 Å². The second kappa shape index (κ2) is 2.87. The molecule has 4 heavy (non-hydrogen) atoms. The van der Waals surface area contributed by atoms with E-state index in [1.165, 1.54) is 0 Å². The van der Waals surface area contributed by atoms with E-state index >= 15 is 0 Å². The van der Waals surface area contributed by atoms with E-state index in [-0.39, 0.29) is 0 Å². The monoisotopic (exact) mass is 362 g/mol. The Kier molecular flexibility index (Phi) is 4.05. The van der Waals surface area contributed by atoms with Gasteiger partial charge < -0.3 is 0 Å². The predicted octanol–water partition coefficient (Wildman–Crippen LogP) is 1.67. The third-order valence-electron chi connectivity index (χ3n) is 0.